The third kappa shape index (κ3) is 43.3. The van der Waals surface area contributed by atoms with E-state index in [-0.39, 0.29) is 25.8 Å². The number of phosphoric ester groups is 1. The molecule has 2 atom stereocenters. The van der Waals surface area contributed by atoms with E-state index in [0.29, 0.717) is 24.1 Å². The number of esters is 1. The zero-order chi connectivity index (χ0) is 41.3. The summed E-state index contributed by atoms with van der Waals surface area (Å²) in [4.78, 5) is 25.0. The molecule has 0 aromatic rings. The number of rotatable bonds is 41. The number of hydrogen-bond acceptors (Lipinski definition) is 7. The lowest BCUT2D eigenvalue weighted by molar-refractivity contribution is -0.870. The molecule has 0 radical (unpaired) electrons. The van der Waals surface area contributed by atoms with Gasteiger partial charge in [-0.05, 0) is 70.6 Å². The van der Waals surface area contributed by atoms with Crippen LogP contribution in [0.3, 0.4) is 0 Å². The summed E-state index contributed by atoms with van der Waals surface area (Å²) in [6.45, 7) is 5.21. The van der Waals surface area contributed by atoms with Crippen LogP contribution in [0.25, 0.3) is 0 Å². The quantitative estimate of drug-likeness (QED) is 0.0200. The Morgan fingerprint density at radius 2 is 1.04 bits per heavy atom. The Balaban J connectivity index is 4.10. The molecule has 56 heavy (non-hydrogen) atoms. The molecule has 0 saturated heterocycles. The SMILES string of the molecule is CC/C=C\C/C=C\C/C=C\C/C=C\CCCCCCCCCCCCCOCC(COP(=O)([O-])OCC[N+](C)(C)C)OC(=O)CCCCCCC/C=C\CCC. The van der Waals surface area contributed by atoms with E-state index in [4.69, 9.17) is 18.5 Å². The average Bonchev–Trinajstić information content (AvgIpc) is 3.15. The van der Waals surface area contributed by atoms with Crippen LogP contribution in [0, 0.1) is 0 Å². The lowest BCUT2D eigenvalue weighted by atomic mass is 10.1. The molecule has 0 aliphatic heterocycles. The number of unbranched alkanes of at least 4 members (excludes halogenated alkanes) is 17. The molecule has 0 amide bonds. The van der Waals surface area contributed by atoms with Gasteiger partial charge >= 0.3 is 5.97 Å². The summed E-state index contributed by atoms with van der Waals surface area (Å²) in [6.07, 6.45) is 49.6. The van der Waals surface area contributed by atoms with Gasteiger partial charge in [-0.25, -0.2) is 0 Å². The third-order valence-corrected chi connectivity index (χ3v) is 10.2. The van der Waals surface area contributed by atoms with Gasteiger partial charge in [0.2, 0.25) is 0 Å². The van der Waals surface area contributed by atoms with E-state index in [1.54, 1.807) is 0 Å². The van der Waals surface area contributed by atoms with E-state index in [1.807, 2.05) is 21.1 Å². The van der Waals surface area contributed by atoms with Crippen molar-refractivity contribution < 1.29 is 37.3 Å². The minimum absolute atomic E-state index is 0.0218. The van der Waals surface area contributed by atoms with Gasteiger partial charge in [0.1, 0.15) is 19.3 Å². The van der Waals surface area contributed by atoms with Crippen LogP contribution in [0.2, 0.25) is 0 Å². The zero-order valence-electron chi connectivity index (χ0n) is 36.8. The Hall–Kier alpha value is -1.80. The van der Waals surface area contributed by atoms with Gasteiger partial charge in [-0.2, -0.15) is 0 Å². The second-order valence-corrected chi connectivity index (χ2v) is 17.4. The van der Waals surface area contributed by atoms with Crippen LogP contribution in [-0.2, 0) is 27.9 Å². The number of carbonyl (C=O) groups is 1. The average molecular weight is 808 g/mol. The monoisotopic (exact) mass is 808 g/mol. The topological polar surface area (TPSA) is 94.1 Å². The lowest BCUT2D eigenvalue weighted by Crippen LogP contribution is -2.37. The molecule has 2 unspecified atom stereocenters. The van der Waals surface area contributed by atoms with Crippen molar-refractivity contribution in [2.24, 2.45) is 0 Å². The number of quaternary nitrogens is 1. The number of hydrogen-bond donors (Lipinski definition) is 0. The molecule has 0 aromatic heterocycles. The molecule has 326 valence electrons. The number of allylic oxidation sites excluding steroid dienone is 10. The number of nitrogens with zero attached hydrogens (tertiary/aromatic N) is 1. The molecule has 0 bridgehead atoms. The molecular formula is C47H86NO7P. The molecular weight excluding hydrogens is 721 g/mol. The maximum atomic E-state index is 12.6. The maximum Gasteiger partial charge on any atom is 0.306 e. The van der Waals surface area contributed by atoms with Crippen molar-refractivity contribution in [2.75, 3.05) is 54.1 Å². The van der Waals surface area contributed by atoms with Crippen LogP contribution in [0.5, 0.6) is 0 Å². The summed E-state index contributed by atoms with van der Waals surface area (Å²) in [5, 5.41) is 0. The molecule has 0 heterocycles. The predicted molar refractivity (Wildman–Crippen MR) is 236 cm³/mol. The second-order valence-electron chi connectivity index (χ2n) is 16.0. The van der Waals surface area contributed by atoms with Crippen molar-refractivity contribution in [3.63, 3.8) is 0 Å². The van der Waals surface area contributed by atoms with Gasteiger partial charge in [0.15, 0.2) is 0 Å². The van der Waals surface area contributed by atoms with Crippen LogP contribution in [-0.4, -0.2) is 70.7 Å². The van der Waals surface area contributed by atoms with Crippen molar-refractivity contribution in [3.8, 4) is 0 Å². The highest BCUT2D eigenvalue weighted by atomic mass is 31.2. The van der Waals surface area contributed by atoms with Crippen LogP contribution in [0.1, 0.15) is 174 Å². The first kappa shape index (κ1) is 54.2. The fourth-order valence-electron chi connectivity index (χ4n) is 5.83. The molecule has 9 heteroatoms. The minimum Gasteiger partial charge on any atom is -0.756 e. The zero-order valence-corrected chi connectivity index (χ0v) is 37.7. The standard InChI is InChI=1S/C47H86NO7P/c1-6-8-10-12-14-16-18-19-20-21-22-23-24-25-26-27-28-29-30-31-33-35-37-39-42-52-44-46(45-54-56(50,51)53-43-41-48(3,4)5)55-47(49)40-38-36-34-32-17-15-13-11-9-7-2/h8,10-11,13-14,16,19-20,22-23,46H,6-7,9,12,15,17-18,21,24-45H2,1-5H3/b10-8-,13-11-,16-14-,20-19-,23-22-. The summed E-state index contributed by atoms with van der Waals surface area (Å²) >= 11 is 0. The second kappa shape index (κ2) is 40.0. The molecule has 0 saturated carbocycles. The number of carbonyl (C=O) groups excluding carboxylic acids is 1. The Bertz CT molecular complexity index is 1080. The molecule has 0 rings (SSSR count). The van der Waals surface area contributed by atoms with Crippen molar-refractivity contribution >= 4 is 13.8 Å². The third-order valence-electron chi connectivity index (χ3n) is 9.28. The van der Waals surface area contributed by atoms with Gasteiger partial charge in [0.05, 0.1) is 34.4 Å². The smallest absolute Gasteiger partial charge is 0.306 e. The maximum absolute atomic E-state index is 12.6. The highest BCUT2D eigenvalue weighted by Crippen LogP contribution is 2.38. The number of phosphoric acid groups is 1. The van der Waals surface area contributed by atoms with Crippen LogP contribution < -0.4 is 4.89 Å². The largest absolute Gasteiger partial charge is 0.756 e. The van der Waals surface area contributed by atoms with Gasteiger partial charge in [0, 0.05) is 13.0 Å². The highest BCUT2D eigenvalue weighted by molar-refractivity contribution is 7.45. The first-order valence-corrected chi connectivity index (χ1v) is 24.0. The van der Waals surface area contributed by atoms with Crippen molar-refractivity contribution in [1.29, 1.82) is 0 Å². The highest BCUT2D eigenvalue weighted by Gasteiger charge is 2.20. The van der Waals surface area contributed by atoms with Crippen LogP contribution in [0.15, 0.2) is 60.8 Å². The van der Waals surface area contributed by atoms with E-state index in [1.165, 1.54) is 77.0 Å². The van der Waals surface area contributed by atoms with Gasteiger partial charge in [-0.3, -0.25) is 9.36 Å². The first-order chi connectivity index (χ1) is 27.1. The van der Waals surface area contributed by atoms with E-state index in [0.717, 1.165) is 77.0 Å². The normalized spacial score (nSPS) is 14.3. The molecule has 0 N–H and O–H groups in total. The minimum atomic E-state index is -4.53. The van der Waals surface area contributed by atoms with Gasteiger partial charge in [0.25, 0.3) is 7.82 Å². The summed E-state index contributed by atoms with van der Waals surface area (Å²) < 4.78 is 34.5. The van der Waals surface area contributed by atoms with Crippen molar-refractivity contribution in [1.82, 2.24) is 0 Å². The van der Waals surface area contributed by atoms with Gasteiger partial charge < -0.3 is 27.9 Å². The van der Waals surface area contributed by atoms with Crippen molar-refractivity contribution in [3.05, 3.63) is 60.8 Å². The van der Waals surface area contributed by atoms with Gasteiger partial charge in [-0.15, -0.1) is 0 Å². The van der Waals surface area contributed by atoms with E-state index >= 15 is 0 Å². The molecule has 0 fully saturated rings. The Kier molecular flexibility index (Phi) is 38.7. The van der Waals surface area contributed by atoms with E-state index < -0.39 is 13.9 Å². The molecule has 8 nitrogen and oxygen atoms in total. The first-order valence-electron chi connectivity index (χ1n) is 22.5. The molecule has 0 aliphatic carbocycles. The molecule has 0 aliphatic rings. The number of ether oxygens (including phenoxy) is 2. The lowest BCUT2D eigenvalue weighted by Gasteiger charge is -2.28. The predicted octanol–water partition coefficient (Wildman–Crippen LogP) is 12.7. The van der Waals surface area contributed by atoms with Crippen LogP contribution >= 0.6 is 7.82 Å². The Morgan fingerprint density at radius 3 is 1.57 bits per heavy atom. The van der Waals surface area contributed by atoms with Gasteiger partial charge in [-0.1, -0.05) is 158 Å². The summed E-state index contributed by atoms with van der Waals surface area (Å²) in [5.74, 6) is -0.349. The van der Waals surface area contributed by atoms with Crippen LogP contribution in [0.4, 0.5) is 0 Å². The summed E-state index contributed by atoms with van der Waals surface area (Å²) in [5.41, 5.74) is 0. The summed E-state index contributed by atoms with van der Waals surface area (Å²) in [7, 11) is 1.34. The Labute approximate surface area is 345 Å². The number of likely N-dealkylation sites (N-methyl/N-ethyl adjacent to an activating group) is 1. The van der Waals surface area contributed by atoms with E-state index in [2.05, 4.69) is 74.6 Å². The molecule has 0 aromatic carbocycles. The summed E-state index contributed by atoms with van der Waals surface area (Å²) in [6, 6.07) is 0. The fraction of sp³-hybridized carbons (Fsp3) is 0.766. The fourth-order valence-corrected chi connectivity index (χ4v) is 6.56. The van der Waals surface area contributed by atoms with E-state index in [9.17, 15) is 14.3 Å². The molecule has 0 spiro atoms. The van der Waals surface area contributed by atoms with Crippen molar-refractivity contribution in [2.45, 2.75) is 180 Å². The Morgan fingerprint density at radius 1 is 0.571 bits per heavy atom.